The lowest BCUT2D eigenvalue weighted by atomic mass is 10.1. The van der Waals surface area contributed by atoms with E-state index in [0.717, 1.165) is 7.11 Å². The minimum atomic E-state index is -2.77. The van der Waals surface area contributed by atoms with E-state index in [2.05, 4.69) is 25.7 Å². The van der Waals surface area contributed by atoms with Gasteiger partial charge in [-0.1, -0.05) is 0 Å². The van der Waals surface area contributed by atoms with Gasteiger partial charge in [-0.3, -0.25) is 0 Å². The fraction of sp³-hybridized carbons (Fsp3) is 0.250. The Labute approximate surface area is 87.2 Å². The molecule has 0 fully saturated rings. The molecule has 0 saturated carbocycles. The average Bonchev–Trinajstić information content (AvgIpc) is 2.15. The topological polar surface area (TPSA) is 39.2 Å². The Kier molecular flexibility index (Phi) is 3.51. The first-order valence-electron chi connectivity index (χ1n) is 3.58. The van der Waals surface area contributed by atoms with Crippen LogP contribution in [0.2, 0.25) is 0 Å². The Balaban J connectivity index is 3.28. The molecule has 0 amide bonds. The molecule has 0 aliphatic heterocycles. The van der Waals surface area contributed by atoms with E-state index in [9.17, 15) is 13.6 Å². The summed E-state index contributed by atoms with van der Waals surface area (Å²) < 4.78 is 29.3. The molecule has 0 bridgehead atoms. The summed E-state index contributed by atoms with van der Waals surface area (Å²) in [7, 11) is 1.13. The van der Waals surface area contributed by atoms with Crippen molar-refractivity contribution in [3.8, 4) is 0 Å². The van der Waals surface area contributed by atoms with Crippen LogP contribution >= 0.6 is 15.9 Å². The number of alkyl halides is 2. The van der Waals surface area contributed by atoms with Crippen LogP contribution < -0.4 is 0 Å². The Morgan fingerprint density at radius 1 is 1.64 bits per heavy atom. The van der Waals surface area contributed by atoms with E-state index < -0.39 is 18.0 Å². The smallest absolute Gasteiger partial charge is 0.338 e. The van der Waals surface area contributed by atoms with Crippen LogP contribution in [0.3, 0.4) is 0 Å². The molecule has 0 radical (unpaired) electrons. The highest BCUT2D eigenvalue weighted by Gasteiger charge is 2.22. The monoisotopic (exact) mass is 265 g/mol. The van der Waals surface area contributed by atoms with Crippen LogP contribution in [-0.4, -0.2) is 18.1 Å². The van der Waals surface area contributed by atoms with Crippen molar-refractivity contribution in [2.24, 2.45) is 0 Å². The summed E-state index contributed by atoms with van der Waals surface area (Å²) in [5.41, 5.74) is -0.622. The van der Waals surface area contributed by atoms with Gasteiger partial charge in [0.25, 0.3) is 6.43 Å². The first-order chi connectivity index (χ1) is 6.57. The second-order valence-electron chi connectivity index (χ2n) is 2.36. The van der Waals surface area contributed by atoms with Crippen molar-refractivity contribution in [2.45, 2.75) is 6.43 Å². The Morgan fingerprint density at radius 3 is 2.79 bits per heavy atom. The second-order valence-corrected chi connectivity index (χ2v) is 3.11. The summed E-state index contributed by atoms with van der Waals surface area (Å²) in [6.45, 7) is 0. The van der Waals surface area contributed by atoms with Gasteiger partial charge in [0.05, 0.1) is 18.2 Å². The highest BCUT2D eigenvalue weighted by molar-refractivity contribution is 9.10. The van der Waals surface area contributed by atoms with Gasteiger partial charge >= 0.3 is 5.97 Å². The van der Waals surface area contributed by atoms with Crippen LogP contribution in [0.25, 0.3) is 0 Å². The molecule has 0 saturated heterocycles. The number of methoxy groups -OCH3 is 1. The van der Waals surface area contributed by atoms with Crippen molar-refractivity contribution >= 4 is 21.9 Å². The Hall–Kier alpha value is -1.04. The van der Waals surface area contributed by atoms with Crippen molar-refractivity contribution in [1.82, 2.24) is 4.98 Å². The van der Waals surface area contributed by atoms with E-state index in [0.29, 0.717) is 0 Å². The van der Waals surface area contributed by atoms with E-state index in [-0.39, 0.29) is 10.2 Å². The standard InChI is InChI=1S/C8H6BrF2NO2/c1-14-8(13)4-2-3-12-6(9)5(4)7(10)11/h2-3,7H,1H3. The van der Waals surface area contributed by atoms with Gasteiger partial charge in [-0.15, -0.1) is 0 Å². The first-order valence-corrected chi connectivity index (χ1v) is 4.38. The predicted molar refractivity (Wildman–Crippen MR) is 48.2 cm³/mol. The molecule has 0 unspecified atom stereocenters. The molecule has 1 aromatic rings. The van der Waals surface area contributed by atoms with Gasteiger partial charge in [-0.2, -0.15) is 0 Å². The van der Waals surface area contributed by atoms with Crippen LogP contribution in [0, 0.1) is 0 Å². The van der Waals surface area contributed by atoms with Crippen molar-refractivity contribution < 1.29 is 18.3 Å². The summed E-state index contributed by atoms with van der Waals surface area (Å²) in [5.74, 6) is -0.802. The molecular formula is C8H6BrF2NO2. The van der Waals surface area contributed by atoms with Crippen LogP contribution in [0.5, 0.6) is 0 Å². The van der Waals surface area contributed by atoms with Crippen LogP contribution in [-0.2, 0) is 4.74 Å². The number of esters is 1. The molecule has 0 N–H and O–H groups in total. The van der Waals surface area contributed by atoms with Crippen molar-refractivity contribution in [3.05, 3.63) is 28.0 Å². The zero-order valence-corrected chi connectivity index (χ0v) is 8.72. The lowest BCUT2D eigenvalue weighted by Gasteiger charge is -2.07. The van der Waals surface area contributed by atoms with E-state index in [1.54, 1.807) is 0 Å². The van der Waals surface area contributed by atoms with E-state index in [4.69, 9.17) is 0 Å². The maximum Gasteiger partial charge on any atom is 0.338 e. The van der Waals surface area contributed by atoms with Gasteiger partial charge in [-0.25, -0.2) is 18.6 Å². The fourth-order valence-electron chi connectivity index (χ4n) is 0.943. The van der Waals surface area contributed by atoms with E-state index >= 15 is 0 Å². The van der Waals surface area contributed by atoms with Crippen LogP contribution in [0.4, 0.5) is 8.78 Å². The molecule has 14 heavy (non-hydrogen) atoms. The number of rotatable bonds is 2. The largest absolute Gasteiger partial charge is 0.465 e. The van der Waals surface area contributed by atoms with Gasteiger partial charge in [0.1, 0.15) is 4.60 Å². The van der Waals surface area contributed by atoms with Gasteiger partial charge in [0, 0.05) is 6.20 Å². The summed E-state index contributed by atoms with van der Waals surface area (Å²) in [5, 5.41) is 0. The maximum absolute atomic E-state index is 12.5. The summed E-state index contributed by atoms with van der Waals surface area (Å²) in [4.78, 5) is 14.7. The van der Waals surface area contributed by atoms with Gasteiger partial charge in [0.2, 0.25) is 0 Å². The minimum absolute atomic E-state index is 0.0459. The molecule has 0 aliphatic rings. The number of hydrogen-bond acceptors (Lipinski definition) is 3. The summed E-state index contributed by atoms with van der Waals surface area (Å²) in [6.07, 6.45) is -1.52. The third-order valence-corrected chi connectivity index (χ3v) is 2.20. The molecule has 6 heteroatoms. The predicted octanol–water partition coefficient (Wildman–Crippen LogP) is 2.57. The molecule has 76 valence electrons. The SMILES string of the molecule is COC(=O)c1ccnc(Br)c1C(F)F. The number of halogens is 3. The number of ether oxygens (including phenoxy) is 1. The maximum atomic E-state index is 12.5. The summed E-state index contributed by atoms with van der Waals surface area (Å²) in [6, 6.07) is 1.19. The number of pyridine rings is 1. The molecule has 1 aromatic heterocycles. The minimum Gasteiger partial charge on any atom is -0.465 e. The molecule has 0 atom stereocenters. The van der Waals surface area contributed by atoms with Gasteiger partial charge < -0.3 is 4.74 Å². The quantitative estimate of drug-likeness (QED) is 0.610. The van der Waals surface area contributed by atoms with E-state index in [1.165, 1.54) is 12.3 Å². The number of carbonyl (C=O) groups excluding carboxylic acids is 1. The number of carbonyl (C=O) groups is 1. The Morgan fingerprint density at radius 2 is 2.29 bits per heavy atom. The van der Waals surface area contributed by atoms with Crippen molar-refractivity contribution in [2.75, 3.05) is 7.11 Å². The number of aromatic nitrogens is 1. The third-order valence-electron chi connectivity index (χ3n) is 1.57. The first kappa shape index (κ1) is 11.0. The van der Waals surface area contributed by atoms with Gasteiger partial charge in [0.15, 0.2) is 0 Å². The lowest BCUT2D eigenvalue weighted by molar-refractivity contribution is 0.0588. The molecule has 3 nitrogen and oxygen atoms in total. The Bertz CT molecular complexity index is 357. The molecule has 0 aromatic carbocycles. The van der Waals surface area contributed by atoms with Crippen molar-refractivity contribution in [3.63, 3.8) is 0 Å². The molecular weight excluding hydrogens is 260 g/mol. The fourth-order valence-corrected chi connectivity index (χ4v) is 1.45. The van der Waals surface area contributed by atoms with Gasteiger partial charge in [-0.05, 0) is 22.0 Å². The molecule has 1 heterocycles. The normalized spacial score (nSPS) is 10.4. The molecule has 1 rings (SSSR count). The third kappa shape index (κ3) is 2.06. The number of hydrogen-bond donors (Lipinski definition) is 0. The molecule has 0 aliphatic carbocycles. The molecule has 0 spiro atoms. The highest BCUT2D eigenvalue weighted by atomic mass is 79.9. The van der Waals surface area contributed by atoms with E-state index in [1.807, 2.05) is 0 Å². The zero-order valence-electron chi connectivity index (χ0n) is 7.13. The van der Waals surface area contributed by atoms with Crippen molar-refractivity contribution in [1.29, 1.82) is 0 Å². The van der Waals surface area contributed by atoms with Crippen LogP contribution in [0.15, 0.2) is 16.9 Å². The average molecular weight is 266 g/mol. The lowest BCUT2D eigenvalue weighted by Crippen LogP contribution is -2.07. The van der Waals surface area contributed by atoms with Crippen LogP contribution in [0.1, 0.15) is 22.3 Å². The number of nitrogens with zero attached hydrogens (tertiary/aromatic N) is 1. The zero-order chi connectivity index (χ0) is 10.7. The second kappa shape index (κ2) is 4.45. The summed E-state index contributed by atoms with van der Waals surface area (Å²) >= 11 is 2.85. The highest BCUT2D eigenvalue weighted by Crippen LogP contribution is 2.29.